The van der Waals surface area contributed by atoms with Gasteiger partial charge in [-0.15, -0.1) is 0 Å². The van der Waals surface area contributed by atoms with Crippen LogP contribution in [0.1, 0.15) is 0 Å². The predicted molar refractivity (Wildman–Crippen MR) is 55.1 cm³/mol. The van der Waals surface area contributed by atoms with Gasteiger partial charge in [-0.25, -0.2) is 8.78 Å². The third-order valence-corrected chi connectivity index (χ3v) is 2.22. The second-order valence-electron chi connectivity index (χ2n) is 3.33. The van der Waals surface area contributed by atoms with Crippen molar-refractivity contribution in [3.8, 4) is 22.6 Å². The molecule has 0 aliphatic carbocycles. The minimum atomic E-state index is -0.745. The van der Waals surface area contributed by atoms with Crippen LogP contribution in [-0.4, -0.2) is 10.2 Å². The number of aromatic hydroxyl groups is 2. The molecule has 0 saturated heterocycles. The lowest BCUT2D eigenvalue weighted by molar-refractivity contribution is 0.432. The Hall–Kier alpha value is -2.10. The Morgan fingerprint density at radius 3 is 2.19 bits per heavy atom. The molecule has 0 aliphatic rings. The van der Waals surface area contributed by atoms with Crippen molar-refractivity contribution in [2.24, 2.45) is 0 Å². The van der Waals surface area contributed by atoms with Crippen LogP contribution < -0.4 is 0 Å². The Kier molecular flexibility index (Phi) is 2.48. The van der Waals surface area contributed by atoms with Crippen LogP contribution in [0.4, 0.5) is 8.78 Å². The molecule has 0 heterocycles. The van der Waals surface area contributed by atoms with Gasteiger partial charge in [0, 0.05) is 11.6 Å². The molecular weight excluding hydrogens is 214 g/mol. The first-order valence-corrected chi connectivity index (χ1v) is 4.55. The highest BCUT2D eigenvalue weighted by Gasteiger charge is 2.08. The molecule has 4 heteroatoms. The molecule has 0 amide bonds. The lowest BCUT2D eigenvalue weighted by Crippen LogP contribution is -1.83. The van der Waals surface area contributed by atoms with Gasteiger partial charge in [-0.2, -0.15) is 0 Å². The second-order valence-corrected chi connectivity index (χ2v) is 3.33. The topological polar surface area (TPSA) is 40.5 Å². The maximum atomic E-state index is 12.8. The van der Waals surface area contributed by atoms with Gasteiger partial charge in [-0.1, -0.05) is 6.07 Å². The summed E-state index contributed by atoms with van der Waals surface area (Å²) in [7, 11) is 0. The molecule has 16 heavy (non-hydrogen) atoms. The molecule has 2 N–H and O–H groups in total. The van der Waals surface area contributed by atoms with Crippen molar-refractivity contribution in [3.05, 3.63) is 48.0 Å². The van der Waals surface area contributed by atoms with Gasteiger partial charge in [0.2, 0.25) is 0 Å². The van der Waals surface area contributed by atoms with Crippen LogP contribution in [0.5, 0.6) is 11.5 Å². The Morgan fingerprint density at radius 2 is 1.56 bits per heavy atom. The van der Waals surface area contributed by atoms with E-state index in [4.69, 9.17) is 0 Å². The van der Waals surface area contributed by atoms with Crippen LogP contribution in [0, 0.1) is 11.6 Å². The van der Waals surface area contributed by atoms with Crippen molar-refractivity contribution < 1.29 is 19.0 Å². The predicted octanol–water partition coefficient (Wildman–Crippen LogP) is 3.04. The molecule has 0 spiro atoms. The average molecular weight is 222 g/mol. The van der Waals surface area contributed by atoms with Gasteiger partial charge in [-0.05, 0) is 29.8 Å². The summed E-state index contributed by atoms with van der Waals surface area (Å²) in [5, 5.41) is 18.7. The average Bonchev–Trinajstić information content (AvgIpc) is 2.22. The highest BCUT2D eigenvalue weighted by Crippen LogP contribution is 2.32. The van der Waals surface area contributed by atoms with Gasteiger partial charge < -0.3 is 10.2 Å². The minimum absolute atomic E-state index is 0.258. The molecule has 0 radical (unpaired) electrons. The van der Waals surface area contributed by atoms with Gasteiger partial charge >= 0.3 is 0 Å². The van der Waals surface area contributed by atoms with Gasteiger partial charge in [-0.3, -0.25) is 0 Å². The first-order valence-electron chi connectivity index (χ1n) is 4.55. The molecular formula is C12H8F2O2. The number of phenolic OH excluding ortho intramolecular Hbond substituents is 2. The third kappa shape index (κ3) is 1.82. The summed E-state index contributed by atoms with van der Waals surface area (Å²) in [4.78, 5) is 0. The summed E-state index contributed by atoms with van der Waals surface area (Å²) in [5.41, 5.74) is 0.744. The molecule has 0 bridgehead atoms. The SMILES string of the molecule is Oc1cc(-c2ccc(F)cc2O)ccc1F. The fraction of sp³-hybridized carbons (Fsp3) is 0. The van der Waals surface area contributed by atoms with Crippen molar-refractivity contribution in [3.63, 3.8) is 0 Å². The van der Waals surface area contributed by atoms with Gasteiger partial charge in [0.25, 0.3) is 0 Å². The number of hydrogen-bond acceptors (Lipinski definition) is 2. The van der Waals surface area contributed by atoms with Crippen LogP contribution in [0.3, 0.4) is 0 Å². The van der Waals surface area contributed by atoms with E-state index in [0.29, 0.717) is 11.1 Å². The Bertz CT molecular complexity index is 539. The van der Waals surface area contributed by atoms with Crippen molar-refractivity contribution >= 4 is 0 Å². The number of phenols is 2. The Labute approximate surface area is 90.4 Å². The lowest BCUT2D eigenvalue weighted by atomic mass is 10.0. The summed E-state index contributed by atoms with van der Waals surface area (Å²) in [6, 6.07) is 7.13. The van der Waals surface area contributed by atoms with E-state index >= 15 is 0 Å². The summed E-state index contributed by atoms with van der Waals surface area (Å²) in [5.74, 6) is -2.08. The third-order valence-electron chi connectivity index (χ3n) is 2.22. The minimum Gasteiger partial charge on any atom is -0.507 e. The van der Waals surface area contributed by atoms with Gasteiger partial charge in [0.1, 0.15) is 11.6 Å². The zero-order valence-corrected chi connectivity index (χ0v) is 8.11. The first kappa shape index (κ1) is 10.4. The van der Waals surface area contributed by atoms with E-state index in [2.05, 4.69) is 0 Å². The van der Waals surface area contributed by atoms with Crippen LogP contribution in [0.15, 0.2) is 36.4 Å². The number of benzene rings is 2. The molecule has 2 rings (SSSR count). The molecule has 2 aromatic rings. The van der Waals surface area contributed by atoms with E-state index in [1.165, 1.54) is 24.3 Å². The fourth-order valence-corrected chi connectivity index (χ4v) is 1.43. The Morgan fingerprint density at radius 1 is 0.812 bits per heavy atom. The van der Waals surface area contributed by atoms with Crippen LogP contribution >= 0.6 is 0 Å². The molecule has 0 saturated carbocycles. The monoisotopic (exact) mass is 222 g/mol. The summed E-state index contributed by atoms with van der Waals surface area (Å²) in [6.45, 7) is 0. The first-order chi connectivity index (χ1) is 7.58. The van der Waals surface area contributed by atoms with Gasteiger partial charge in [0.15, 0.2) is 11.6 Å². The molecule has 0 atom stereocenters. The van der Waals surface area contributed by atoms with Crippen LogP contribution in [0.2, 0.25) is 0 Å². The van der Waals surface area contributed by atoms with E-state index in [1.54, 1.807) is 0 Å². The molecule has 0 aromatic heterocycles. The van der Waals surface area contributed by atoms with Crippen LogP contribution in [-0.2, 0) is 0 Å². The van der Waals surface area contributed by atoms with Crippen molar-refractivity contribution in [2.45, 2.75) is 0 Å². The summed E-state index contributed by atoms with van der Waals surface area (Å²) < 4.78 is 25.5. The zero-order chi connectivity index (χ0) is 11.7. The fourth-order valence-electron chi connectivity index (χ4n) is 1.43. The second kappa shape index (κ2) is 3.81. The number of rotatable bonds is 1. The molecule has 2 aromatic carbocycles. The van der Waals surface area contributed by atoms with E-state index < -0.39 is 17.4 Å². The highest BCUT2D eigenvalue weighted by atomic mass is 19.1. The molecule has 0 unspecified atom stereocenters. The van der Waals surface area contributed by atoms with Crippen molar-refractivity contribution in [1.29, 1.82) is 0 Å². The highest BCUT2D eigenvalue weighted by molar-refractivity contribution is 5.71. The van der Waals surface area contributed by atoms with Gasteiger partial charge in [0.05, 0.1) is 0 Å². The smallest absolute Gasteiger partial charge is 0.164 e. The molecule has 2 nitrogen and oxygen atoms in total. The summed E-state index contributed by atoms with van der Waals surface area (Å²) in [6.07, 6.45) is 0. The number of hydrogen-bond donors (Lipinski definition) is 2. The van der Waals surface area contributed by atoms with E-state index in [1.807, 2.05) is 0 Å². The Balaban J connectivity index is 2.54. The molecule has 82 valence electrons. The summed E-state index contributed by atoms with van der Waals surface area (Å²) >= 11 is 0. The lowest BCUT2D eigenvalue weighted by Gasteiger charge is -2.05. The van der Waals surface area contributed by atoms with E-state index in [0.717, 1.165) is 12.1 Å². The quantitative estimate of drug-likeness (QED) is 0.778. The van der Waals surface area contributed by atoms with Crippen molar-refractivity contribution in [2.75, 3.05) is 0 Å². The normalized spacial score (nSPS) is 10.4. The maximum absolute atomic E-state index is 12.8. The molecule has 0 fully saturated rings. The van der Waals surface area contributed by atoms with Crippen molar-refractivity contribution in [1.82, 2.24) is 0 Å². The van der Waals surface area contributed by atoms with Crippen LogP contribution in [0.25, 0.3) is 11.1 Å². The zero-order valence-electron chi connectivity index (χ0n) is 8.11. The standard InChI is InChI=1S/C12H8F2O2/c13-8-2-3-9(11(15)6-8)7-1-4-10(14)12(16)5-7/h1-6,15-16H. The number of halogens is 2. The maximum Gasteiger partial charge on any atom is 0.164 e. The molecule has 0 aliphatic heterocycles. The largest absolute Gasteiger partial charge is 0.507 e. The van der Waals surface area contributed by atoms with E-state index in [-0.39, 0.29) is 5.75 Å². The van der Waals surface area contributed by atoms with E-state index in [9.17, 15) is 19.0 Å².